The molecule has 1 saturated heterocycles. The van der Waals surface area contributed by atoms with Crippen molar-refractivity contribution in [3.05, 3.63) is 60.2 Å². The highest BCUT2D eigenvalue weighted by Gasteiger charge is 2.29. The molecule has 0 unspecified atom stereocenters. The minimum Gasteiger partial charge on any atom is -0.495 e. The predicted octanol–water partition coefficient (Wildman–Crippen LogP) is 2.79. The summed E-state index contributed by atoms with van der Waals surface area (Å²) in [6.07, 6.45) is 0. The molecule has 0 spiro atoms. The molecule has 0 bridgehead atoms. The molecule has 0 saturated carbocycles. The van der Waals surface area contributed by atoms with Crippen LogP contribution in [0.25, 0.3) is 11.3 Å². The van der Waals surface area contributed by atoms with E-state index in [1.165, 1.54) is 11.4 Å². The maximum absolute atomic E-state index is 13.2. The van der Waals surface area contributed by atoms with Crippen LogP contribution in [0.4, 0.5) is 11.5 Å². The highest BCUT2D eigenvalue weighted by Crippen LogP contribution is 2.31. The summed E-state index contributed by atoms with van der Waals surface area (Å²) in [5.41, 5.74) is 2.47. The third kappa shape index (κ3) is 4.55. The Hall–Kier alpha value is -3.52. The van der Waals surface area contributed by atoms with Crippen LogP contribution in [0.3, 0.4) is 0 Å². The smallest absolute Gasteiger partial charge is 0.246 e. The van der Waals surface area contributed by atoms with Crippen LogP contribution in [-0.4, -0.2) is 56.3 Å². The van der Waals surface area contributed by atoms with Gasteiger partial charge in [0.05, 0.1) is 37.7 Å². The second-order valence-corrected chi connectivity index (χ2v) is 8.91. The number of ether oxygens (including phenoxy) is 2. The monoisotopic (exact) mass is 451 g/mol. The summed E-state index contributed by atoms with van der Waals surface area (Å²) in [5.74, 6) is 0.792. The molecular formula is C22H21N5O4S. The summed E-state index contributed by atoms with van der Waals surface area (Å²) in [6.45, 7) is 1.32. The first-order valence-electron chi connectivity index (χ1n) is 9.88. The zero-order valence-corrected chi connectivity index (χ0v) is 18.2. The Morgan fingerprint density at radius 1 is 1.06 bits per heavy atom. The van der Waals surface area contributed by atoms with Gasteiger partial charge in [-0.1, -0.05) is 0 Å². The van der Waals surface area contributed by atoms with Crippen LogP contribution in [0.5, 0.6) is 5.75 Å². The lowest BCUT2D eigenvalue weighted by Gasteiger charge is -2.26. The third-order valence-electron chi connectivity index (χ3n) is 5.00. The van der Waals surface area contributed by atoms with Crippen molar-refractivity contribution in [2.24, 2.45) is 0 Å². The van der Waals surface area contributed by atoms with E-state index in [0.29, 0.717) is 48.9 Å². The summed E-state index contributed by atoms with van der Waals surface area (Å²) in [4.78, 5) is 0.0842. The second-order valence-electron chi connectivity index (χ2n) is 7.00. The van der Waals surface area contributed by atoms with E-state index in [-0.39, 0.29) is 10.6 Å². The number of benzene rings is 2. The molecule has 32 heavy (non-hydrogen) atoms. The fraction of sp³-hybridized carbons (Fsp3) is 0.227. The van der Waals surface area contributed by atoms with Crippen molar-refractivity contribution in [1.29, 1.82) is 5.26 Å². The number of nitriles is 1. The van der Waals surface area contributed by atoms with Crippen LogP contribution in [0, 0.1) is 11.3 Å². The van der Waals surface area contributed by atoms with Crippen molar-refractivity contribution < 1.29 is 17.9 Å². The second kappa shape index (κ2) is 9.32. The molecule has 0 amide bonds. The number of nitrogens with one attached hydrogen (secondary N) is 1. The van der Waals surface area contributed by atoms with Gasteiger partial charge in [0.1, 0.15) is 10.6 Å². The summed E-state index contributed by atoms with van der Waals surface area (Å²) in [7, 11) is -2.30. The molecule has 1 aromatic heterocycles. The Morgan fingerprint density at radius 2 is 1.81 bits per heavy atom. The molecule has 4 rings (SSSR count). The maximum Gasteiger partial charge on any atom is 0.246 e. The number of anilines is 2. The normalized spacial score (nSPS) is 14.5. The fourth-order valence-corrected chi connectivity index (χ4v) is 4.88. The molecule has 9 nitrogen and oxygen atoms in total. The van der Waals surface area contributed by atoms with E-state index in [2.05, 4.69) is 21.6 Å². The number of nitrogens with zero attached hydrogens (tertiary/aromatic N) is 4. The molecule has 1 fully saturated rings. The highest BCUT2D eigenvalue weighted by molar-refractivity contribution is 7.89. The number of hydrogen-bond acceptors (Lipinski definition) is 8. The first-order chi connectivity index (χ1) is 15.5. The number of hydrogen-bond donors (Lipinski definition) is 1. The van der Waals surface area contributed by atoms with Gasteiger partial charge in [-0.25, -0.2) is 8.42 Å². The van der Waals surface area contributed by atoms with Gasteiger partial charge in [-0.2, -0.15) is 9.57 Å². The van der Waals surface area contributed by atoms with Crippen molar-refractivity contribution in [2.45, 2.75) is 4.90 Å². The lowest BCUT2D eigenvalue weighted by molar-refractivity contribution is 0.0729. The number of morpholine rings is 1. The average molecular weight is 452 g/mol. The number of methoxy groups -OCH3 is 1. The van der Waals surface area contributed by atoms with Gasteiger partial charge in [-0.3, -0.25) is 0 Å². The summed E-state index contributed by atoms with van der Waals surface area (Å²) in [6, 6.07) is 17.5. The van der Waals surface area contributed by atoms with Gasteiger partial charge < -0.3 is 14.8 Å². The van der Waals surface area contributed by atoms with Crippen molar-refractivity contribution in [3.8, 4) is 23.1 Å². The molecule has 3 aromatic rings. The summed E-state index contributed by atoms with van der Waals surface area (Å²) < 4.78 is 38.3. The van der Waals surface area contributed by atoms with E-state index in [9.17, 15) is 8.42 Å². The standard InChI is InChI=1S/C22H21N5O4S/c1-30-20-8-4-17(14-21(20)32(28,29)27-10-12-31-13-11-27)19-7-9-22(26-25-19)24-18-5-2-16(15-23)3-6-18/h2-9,14H,10-13H2,1H3,(H,24,26). The van der Waals surface area contributed by atoms with Crippen molar-refractivity contribution in [1.82, 2.24) is 14.5 Å². The van der Waals surface area contributed by atoms with E-state index in [4.69, 9.17) is 14.7 Å². The molecule has 164 valence electrons. The van der Waals surface area contributed by atoms with Gasteiger partial charge in [-0.05, 0) is 54.6 Å². The SMILES string of the molecule is COc1ccc(-c2ccc(Nc3ccc(C#N)cc3)nn2)cc1S(=O)(=O)N1CCOCC1. The van der Waals surface area contributed by atoms with Gasteiger partial charge >= 0.3 is 0 Å². The van der Waals surface area contributed by atoms with Gasteiger partial charge in [0.2, 0.25) is 10.0 Å². The molecule has 1 N–H and O–H groups in total. The van der Waals surface area contributed by atoms with Crippen LogP contribution < -0.4 is 10.1 Å². The molecule has 0 radical (unpaired) electrons. The van der Waals surface area contributed by atoms with Crippen LogP contribution >= 0.6 is 0 Å². The quantitative estimate of drug-likeness (QED) is 0.608. The van der Waals surface area contributed by atoms with Crippen LogP contribution in [0.2, 0.25) is 0 Å². The summed E-state index contributed by atoms with van der Waals surface area (Å²) >= 11 is 0. The lowest BCUT2D eigenvalue weighted by atomic mass is 10.1. The molecule has 10 heteroatoms. The van der Waals surface area contributed by atoms with E-state index in [1.54, 1.807) is 54.6 Å². The fourth-order valence-electron chi connectivity index (χ4n) is 3.29. The highest BCUT2D eigenvalue weighted by atomic mass is 32.2. The third-order valence-corrected chi connectivity index (χ3v) is 6.92. The topological polar surface area (TPSA) is 117 Å². The predicted molar refractivity (Wildman–Crippen MR) is 118 cm³/mol. The van der Waals surface area contributed by atoms with Crippen LogP contribution in [-0.2, 0) is 14.8 Å². The lowest BCUT2D eigenvalue weighted by Crippen LogP contribution is -2.40. The summed E-state index contributed by atoms with van der Waals surface area (Å²) in [5, 5.41) is 20.4. The minimum absolute atomic E-state index is 0.0842. The molecule has 0 aliphatic carbocycles. The zero-order chi connectivity index (χ0) is 22.6. The average Bonchev–Trinajstić information content (AvgIpc) is 2.85. The van der Waals surface area contributed by atoms with Gasteiger partial charge in [-0.15, -0.1) is 10.2 Å². The molecule has 1 aliphatic heterocycles. The first-order valence-corrected chi connectivity index (χ1v) is 11.3. The Labute approximate surface area is 186 Å². The molecule has 1 aliphatic rings. The molecular weight excluding hydrogens is 430 g/mol. The maximum atomic E-state index is 13.2. The van der Waals surface area contributed by atoms with E-state index >= 15 is 0 Å². The van der Waals surface area contributed by atoms with Crippen molar-refractivity contribution in [3.63, 3.8) is 0 Å². The van der Waals surface area contributed by atoms with Gasteiger partial charge in [0, 0.05) is 24.3 Å². The van der Waals surface area contributed by atoms with E-state index in [1.807, 2.05) is 0 Å². The van der Waals surface area contributed by atoms with Crippen molar-refractivity contribution in [2.75, 3.05) is 38.7 Å². The largest absolute Gasteiger partial charge is 0.495 e. The zero-order valence-electron chi connectivity index (χ0n) is 17.4. The van der Waals surface area contributed by atoms with Gasteiger partial charge in [0.25, 0.3) is 0 Å². The number of aromatic nitrogens is 2. The van der Waals surface area contributed by atoms with Crippen LogP contribution in [0.15, 0.2) is 59.5 Å². The van der Waals surface area contributed by atoms with E-state index in [0.717, 1.165) is 5.69 Å². The molecule has 0 atom stereocenters. The van der Waals surface area contributed by atoms with Crippen molar-refractivity contribution >= 4 is 21.5 Å². The minimum atomic E-state index is -3.75. The Kier molecular flexibility index (Phi) is 6.32. The Balaban J connectivity index is 1.59. The number of rotatable bonds is 6. The molecule has 2 aromatic carbocycles. The Bertz CT molecular complexity index is 1230. The first kappa shape index (κ1) is 21.7. The van der Waals surface area contributed by atoms with E-state index < -0.39 is 10.0 Å². The van der Waals surface area contributed by atoms with Crippen LogP contribution in [0.1, 0.15) is 5.56 Å². The molecule has 2 heterocycles. The van der Waals surface area contributed by atoms with Gasteiger partial charge in [0.15, 0.2) is 5.82 Å². The Morgan fingerprint density at radius 3 is 2.44 bits per heavy atom. The number of sulfonamides is 1.